The Balaban J connectivity index is 2.94. The van der Waals surface area contributed by atoms with Crippen LogP contribution in [0.5, 0.6) is 0 Å². The van der Waals surface area contributed by atoms with Crippen LogP contribution < -0.4 is 0 Å². The van der Waals surface area contributed by atoms with Crippen molar-refractivity contribution in [2.24, 2.45) is 0 Å². The molecule has 1 N–H and O–H groups in total. The molecule has 0 unspecified atom stereocenters. The summed E-state index contributed by atoms with van der Waals surface area (Å²) in [5.74, 6) is -1.23. The largest absolute Gasteiger partial charge is 0.478 e. The lowest BCUT2D eigenvalue weighted by atomic mass is 10.1. The molecule has 0 aromatic heterocycles. The molecule has 1 aromatic carbocycles. The molecule has 0 saturated carbocycles. The van der Waals surface area contributed by atoms with Crippen molar-refractivity contribution in [1.29, 1.82) is 5.26 Å². The Morgan fingerprint density at radius 3 is 2.35 bits per heavy atom. The number of nitriles is 1. The van der Waals surface area contributed by atoms with E-state index in [4.69, 9.17) is 18.8 Å². The minimum Gasteiger partial charge on any atom is -0.478 e. The third kappa shape index (κ3) is 5.81. The van der Waals surface area contributed by atoms with Crippen molar-refractivity contribution in [1.82, 2.24) is 0 Å². The standard InChI is InChI=1S/C15H16NO6P/c1-3-7-20-23(19,21-8-4-2)22-11-13-6-5-12(10-16)9-14(13)15(17)18/h3-6,9H,1-2,7-8,11H2,(H,17,18). The van der Waals surface area contributed by atoms with Crippen LogP contribution in [-0.2, 0) is 24.7 Å². The summed E-state index contributed by atoms with van der Waals surface area (Å²) >= 11 is 0. The zero-order chi connectivity index (χ0) is 17.3. The third-order valence-corrected chi connectivity index (χ3v) is 3.92. The van der Waals surface area contributed by atoms with Gasteiger partial charge in [-0.05, 0) is 17.7 Å². The molecule has 1 aromatic rings. The number of carboxylic acids is 1. The SMILES string of the molecule is C=CCOP(=O)(OCC=C)OCc1ccc(C#N)cc1C(=O)O. The summed E-state index contributed by atoms with van der Waals surface area (Å²) in [6.45, 7) is 6.42. The normalized spacial score (nSPS) is 10.7. The lowest BCUT2D eigenvalue weighted by molar-refractivity contribution is 0.0690. The van der Waals surface area contributed by atoms with E-state index in [1.54, 1.807) is 0 Å². The minimum atomic E-state index is -3.89. The summed E-state index contributed by atoms with van der Waals surface area (Å²) in [7, 11) is -3.89. The fraction of sp³-hybridized carbons (Fsp3) is 0.200. The summed E-state index contributed by atoms with van der Waals surface area (Å²) in [5.41, 5.74) is 0.310. The molecular formula is C15H16NO6P. The Labute approximate surface area is 134 Å². The van der Waals surface area contributed by atoms with E-state index in [1.807, 2.05) is 6.07 Å². The second kappa shape index (κ2) is 9.03. The van der Waals surface area contributed by atoms with Gasteiger partial charge < -0.3 is 5.11 Å². The van der Waals surface area contributed by atoms with Crippen molar-refractivity contribution in [3.05, 3.63) is 60.2 Å². The average Bonchev–Trinajstić information content (AvgIpc) is 2.56. The second-order valence-corrected chi connectivity index (χ2v) is 5.85. The van der Waals surface area contributed by atoms with Gasteiger partial charge >= 0.3 is 13.8 Å². The fourth-order valence-corrected chi connectivity index (χ4v) is 2.62. The molecule has 0 aliphatic heterocycles. The smallest absolute Gasteiger partial charge is 0.475 e. The number of hydrogen-bond acceptors (Lipinski definition) is 6. The van der Waals surface area contributed by atoms with Crippen LogP contribution in [0.4, 0.5) is 0 Å². The van der Waals surface area contributed by atoms with Crippen molar-refractivity contribution in [2.45, 2.75) is 6.61 Å². The molecule has 0 bridgehead atoms. The van der Waals surface area contributed by atoms with Gasteiger partial charge in [-0.3, -0.25) is 13.6 Å². The molecule has 0 amide bonds. The molecule has 0 atom stereocenters. The van der Waals surface area contributed by atoms with Crippen LogP contribution in [0.2, 0.25) is 0 Å². The number of phosphoric acid groups is 1. The van der Waals surface area contributed by atoms with Crippen LogP contribution in [0.3, 0.4) is 0 Å². The van der Waals surface area contributed by atoms with Gasteiger partial charge in [0.1, 0.15) is 0 Å². The van der Waals surface area contributed by atoms with Crippen LogP contribution in [0.1, 0.15) is 21.5 Å². The van der Waals surface area contributed by atoms with E-state index in [9.17, 15) is 14.5 Å². The van der Waals surface area contributed by atoms with Crippen LogP contribution in [0.25, 0.3) is 0 Å². The van der Waals surface area contributed by atoms with Gasteiger partial charge in [-0.2, -0.15) is 5.26 Å². The Hall–Kier alpha value is -2.23. The molecule has 0 saturated heterocycles. The summed E-state index contributed by atoms with van der Waals surface area (Å²) in [5, 5.41) is 18.0. The van der Waals surface area contributed by atoms with E-state index >= 15 is 0 Å². The molecule has 0 heterocycles. The Morgan fingerprint density at radius 2 is 1.87 bits per heavy atom. The zero-order valence-electron chi connectivity index (χ0n) is 12.3. The molecule has 0 spiro atoms. The van der Waals surface area contributed by atoms with Crippen molar-refractivity contribution >= 4 is 13.8 Å². The third-order valence-electron chi connectivity index (χ3n) is 2.55. The summed E-state index contributed by atoms with van der Waals surface area (Å²) in [6, 6.07) is 5.90. The van der Waals surface area contributed by atoms with Crippen LogP contribution >= 0.6 is 7.82 Å². The highest BCUT2D eigenvalue weighted by molar-refractivity contribution is 7.48. The minimum absolute atomic E-state index is 0.0619. The zero-order valence-corrected chi connectivity index (χ0v) is 13.2. The van der Waals surface area contributed by atoms with E-state index in [0.717, 1.165) is 0 Å². The Morgan fingerprint density at radius 1 is 1.26 bits per heavy atom. The molecule has 8 heteroatoms. The molecule has 0 fully saturated rings. The fourth-order valence-electron chi connectivity index (χ4n) is 1.52. The summed E-state index contributed by atoms with van der Waals surface area (Å²) in [4.78, 5) is 11.2. The Bertz CT molecular complexity index is 663. The van der Waals surface area contributed by atoms with Crippen LogP contribution in [-0.4, -0.2) is 24.3 Å². The predicted molar refractivity (Wildman–Crippen MR) is 82.8 cm³/mol. The van der Waals surface area contributed by atoms with Crippen molar-refractivity contribution in [2.75, 3.05) is 13.2 Å². The summed E-state index contributed by atoms with van der Waals surface area (Å²) < 4.78 is 27.5. The highest BCUT2D eigenvalue weighted by Gasteiger charge is 2.26. The molecule has 0 aliphatic carbocycles. The quantitative estimate of drug-likeness (QED) is 0.516. The second-order valence-electron chi connectivity index (χ2n) is 4.18. The van der Waals surface area contributed by atoms with Gasteiger partial charge in [0.25, 0.3) is 0 Å². The maximum atomic E-state index is 12.3. The van der Waals surface area contributed by atoms with Gasteiger partial charge in [-0.15, -0.1) is 13.2 Å². The lowest BCUT2D eigenvalue weighted by Crippen LogP contribution is -2.06. The average molecular weight is 337 g/mol. The highest BCUT2D eigenvalue weighted by atomic mass is 31.2. The first-order valence-electron chi connectivity index (χ1n) is 6.47. The first-order valence-corrected chi connectivity index (χ1v) is 7.93. The maximum absolute atomic E-state index is 12.3. The van der Waals surface area contributed by atoms with Gasteiger partial charge in [-0.1, -0.05) is 18.2 Å². The molecule has 122 valence electrons. The first-order chi connectivity index (χ1) is 11.0. The topological polar surface area (TPSA) is 106 Å². The number of carboxylic acid groups (broad SMARTS) is 1. The number of rotatable bonds is 10. The van der Waals surface area contributed by atoms with Gasteiger partial charge in [0.15, 0.2) is 0 Å². The van der Waals surface area contributed by atoms with E-state index in [1.165, 1.54) is 30.4 Å². The number of carbonyl (C=O) groups is 1. The van der Waals surface area contributed by atoms with E-state index in [0.29, 0.717) is 0 Å². The number of hydrogen-bond donors (Lipinski definition) is 1. The Kier molecular flexibility index (Phi) is 7.39. The van der Waals surface area contributed by atoms with E-state index in [-0.39, 0.29) is 36.5 Å². The van der Waals surface area contributed by atoms with Crippen molar-refractivity contribution in [3.8, 4) is 6.07 Å². The molecule has 1 rings (SSSR count). The lowest BCUT2D eigenvalue weighted by Gasteiger charge is -2.17. The van der Waals surface area contributed by atoms with Gasteiger partial charge in [-0.25, -0.2) is 9.36 Å². The van der Waals surface area contributed by atoms with E-state index in [2.05, 4.69) is 13.2 Å². The van der Waals surface area contributed by atoms with Crippen LogP contribution in [0.15, 0.2) is 43.5 Å². The molecule has 0 radical (unpaired) electrons. The molecule has 23 heavy (non-hydrogen) atoms. The molecule has 7 nitrogen and oxygen atoms in total. The summed E-state index contributed by atoms with van der Waals surface area (Å²) in [6.07, 6.45) is 2.75. The number of aromatic carboxylic acids is 1. The van der Waals surface area contributed by atoms with Crippen molar-refractivity contribution in [3.63, 3.8) is 0 Å². The first kappa shape index (κ1) is 18.8. The molecule has 0 aliphatic rings. The molecular weight excluding hydrogens is 321 g/mol. The van der Waals surface area contributed by atoms with Gasteiger partial charge in [0.05, 0.1) is 37.0 Å². The maximum Gasteiger partial charge on any atom is 0.475 e. The van der Waals surface area contributed by atoms with E-state index < -0.39 is 13.8 Å². The van der Waals surface area contributed by atoms with Gasteiger partial charge in [0.2, 0.25) is 0 Å². The highest BCUT2D eigenvalue weighted by Crippen LogP contribution is 2.50. The van der Waals surface area contributed by atoms with Gasteiger partial charge in [0, 0.05) is 0 Å². The number of nitrogens with zero attached hydrogens (tertiary/aromatic N) is 1. The monoisotopic (exact) mass is 337 g/mol. The van der Waals surface area contributed by atoms with Crippen molar-refractivity contribution < 1.29 is 28.0 Å². The van der Waals surface area contributed by atoms with Crippen LogP contribution in [0, 0.1) is 11.3 Å². The number of benzene rings is 1. The number of phosphoric ester groups is 1. The predicted octanol–water partition coefficient (Wildman–Crippen LogP) is 3.29.